The van der Waals surface area contributed by atoms with Gasteiger partial charge in [-0.25, -0.2) is 0 Å². The van der Waals surface area contributed by atoms with Crippen molar-refractivity contribution >= 4 is 0 Å². The minimum absolute atomic E-state index is 0.0162. The van der Waals surface area contributed by atoms with Crippen molar-refractivity contribution in [2.45, 2.75) is 12.5 Å². The van der Waals surface area contributed by atoms with Gasteiger partial charge >= 0.3 is 0 Å². The topological polar surface area (TPSA) is 60.0 Å². The van der Waals surface area contributed by atoms with E-state index in [4.69, 9.17) is 10.00 Å². The molecule has 4 nitrogen and oxygen atoms in total. The molecular formula is C20H19N3O. The molecule has 0 aliphatic carbocycles. The Hall–Kier alpha value is -2.82. The molecule has 0 radical (unpaired) electrons. The van der Waals surface area contributed by atoms with Gasteiger partial charge in [-0.3, -0.25) is 4.90 Å². The number of nitrogens with zero attached hydrogens (tertiary/aromatic N) is 3. The second-order valence-corrected chi connectivity index (χ2v) is 6.09. The molecule has 1 heterocycles. The van der Waals surface area contributed by atoms with Crippen molar-refractivity contribution in [1.82, 2.24) is 4.90 Å². The third kappa shape index (κ3) is 3.25. The molecule has 0 amide bonds. The summed E-state index contributed by atoms with van der Waals surface area (Å²) in [5, 5.41) is 18.6. The first-order chi connectivity index (χ1) is 11.7. The molecule has 0 N–H and O–H groups in total. The van der Waals surface area contributed by atoms with E-state index in [1.165, 1.54) is 5.56 Å². The van der Waals surface area contributed by atoms with E-state index in [9.17, 15) is 5.26 Å². The standard InChI is InChI=1S/C20H19N3O/c1-24-20-8-7-15(10-21)9-17(20)12-23-13-18(11-22)19(14-23)16-5-3-2-4-6-16/h2-9,18-19H,12-14H2,1H3/t18-,19+/m1/s1. The van der Waals surface area contributed by atoms with E-state index >= 15 is 0 Å². The van der Waals surface area contributed by atoms with E-state index in [1.807, 2.05) is 30.3 Å². The molecule has 0 spiro atoms. The Morgan fingerprint density at radius 3 is 2.58 bits per heavy atom. The van der Waals surface area contributed by atoms with Gasteiger partial charge in [-0.05, 0) is 23.8 Å². The molecular weight excluding hydrogens is 298 g/mol. The summed E-state index contributed by atoms with van der Waals surface area (Å²) >= 11 is 0. The zero-order valence-corrected chi connectivity index (χ0v) is 13.6. The van der Waals surface area contributed by atoms with Crippen LogP contribution in [0.2, 0.25) is 0 Å². The molecule has 0 unspecified atom stereocenters. The third-order valence-electron chi connectivity index (χ3n) is 4.59. The van der Waals surface area contributed by atoms with Crippen molar-refractivity contribution in [3.63, 3.8) is 0 Å². The minimum Gasteiger partial charge on any atom is -0.496 e. The van der Waals surface area contributed by atoms with E-state index in [1.54, 1.807) is 13.2 Å². The SMILES string of the molecule is COc1ccc(C#N)cc1CN1C[C@@H](C#N)[C@H](c2ccccc2)C1. The van der Waals surface area contributed by atoms with Crippen LogP contribution in [0.5, 0.6) is 5.75 Å². The molecule has 2 atom stereocenters. The molecule has 3 rings (SSSR count). The van der Waals surface area contributed by atoms with Gasteiger partial charge in [0, 0.05) is 31.1 Å². The summed E-state index contributed by atoms with van der Waals surface area (Å²) in [6.45, 7) is 2.25. The maximum absolute atomic E-state index is 9.52. The van der Waals surface area contributed by atoms with Gasteiger partial charge < -0.3 is 4.74 Å². The summed E-state index contributed by atoms with van der Waals surface area (Å²) in [4.78, 5) is 2.27. The van der Waals surface area contributed by atoms with Crippen LogP contribution >= 0.6 is 0 Å². The monoisotopic (exact) mass is 317 g/mol. The van der Waals surface area contributed by atoms with E-state index in [-0.39, 0.29) is 11.8 Å². The summed E-state index contributed by atoms with van der Waals surface area (Å²) in [5.74, 6) is 0.990. The van der Waals surface area contributed by atoms with Crippen molar-refractivity contribution < 1.29 is 4.74 Å². The van der Waals surface area contributed by atoms with Gasteiger partial charge in [0.2, 0.25) is 0 Å². The highest BCUT2D eigenvalue weighted by molar-refractivity contribution is 5.42. The molecule has 0 saturated carbocycles. The lowest BCUT2D eigenvalue weighted by atomic mass is 9.90. The molecule has 4 heteroatoms. The van der Waals surface area contributed by atoms with Crippen molar-refractivity contribution in [3.05, 3.63) is 65.2 Å². The maximum Gasteiger partial charge on any atom is 0.123 e. The lowest BCUT2D eigenvalue weighted by molar-refractivity contribution is 0.313. The Bertz CT molecular complexity index is 789. The first-order valence-electron chi connectivity index (χ1n) is 7.99. The number of rotatable bonds is 4. The normalized spacial score (nSPS) is 20.3. The average molecular weight is 317 g/mol. The van der Waals surface area contributed by atoms with Crippen LogP contribution in [0.25, 0.3) is 0 Å². The van der Waals surface area contributed by atoms with Crippen LogP contribution in [0.1, 0.15) is 22.6 Å². The summed E-state index contributed by atoms with van der Waals surface area (Å²) in [6.07, 6.45) is 0. The summed E-state index contributed by atoms with van der Waals surface area (Å²) in [7, 11) is 1.64. The highest BCUT2D eigenvalue weighted by Gasteiger charge is 2.34. The Morgan fingerprint density at radius 2 is 1.92 bits per heavy atom. The summed E-state index contributed by atoms with van der Waals surface area (Å²) in [5.41, 5.74) is 2.83. The van der Waals surface area contributed by atoms with Crippen LogP contribution in [-0.4, -0.2) is 25.1 Å². The number of benzene rings is 2. The van der Waals surface area contributed by atoms with Crippen LogP contribution in [0.4, 0.5) is 0 Å². The summed E-state index contributed by atoms with van der Waals surface area (Å²) in [6, 6.07) is 20.3. The van der Waals surface area contributed by atoms with Crippen molar-refractivity contribution in [2.24, 2.45) is 5.92 Å². The van der Waals surface area contributed by atoms with Crippen LogP contribution in [0, 0.1) is 28.6 Å². The summed E-state index contributed by atoms with van der Waals surface area (Å²) < 4.78 is 5.42. The lowest BCUT2D eigenvalue weighted by Crippen LogP contribution is -2.20. The molecule has 120 valence electrons. The van der Waals surface area contributed by atoms with Crippen molar-refractivity contribution in [3.8, 4) is 17.9 Å². The molecule has 0 bridgehead atoms. The Kier molecular flexibility index (Phi) is 4.79. The molecule has 2 aromatic carbocycles. The van der Waals surface area contributed by atoms with Crippen LogP contribution < -0.4 is 4.74 Å². The first kappa shape index (κ1) is 16.1. The first-order valence-corrected chi connectivity index (χ1v) is 7.99. The fourth-order valence-corrected chi connectivity index (χ4v) is 3.40. The largest absolute Gasteiger partial charge is 0.496 e. The zero-order valence-electron chi connectivity index (χ0n) is 13.6. The molecule has 24 heavy (non-hydrogen) atoms. The quantitative estimate of drug-likeness (QED) is 0.868. The van der Waals surface area contributed by atoms with Gasteiger partial charge in [0.25, 0.3) is 0 Å². The molecule has 1 saturated heterocycles. The molecule has 1 aliphatic rings. The van der Waals surface area contributed by atoms with E-state index in [2.05, 4.69) is 29.2 Å². The number of hydrogen-bond donors (Lipinski definition) is 0. The van der Waals surface area contributed by atoms with Gasteiger partial charge in [0.15, 0.2) is 0 Å². The fourth-order valence-electron chi connectivity index (χ4n) is 3.40. The van der Waals surface area contributed by atoms with Gasteiger partial charge in [-0.2, -0.15) is 10.5 Å². The van der Waals surface area contributed by atoms with Crippen LogP contribution in [0.15, 0.2) is 48.5 Å². The van der Waals surface area contributed by atoms with Crippen LogP contribution in [0.3, 0.4) is 0 Å². The maximum atomic E-state index is 9.52. The lowest BCUT2D eigenvalue weighted by Gasteiger charge is -2.18. The van der Waals surface area contributed by atoms with E-state index in [0.717, 1.165) is 24.4 Å². The number of ether oxygens (including phenoxy) is 1. The van der Waals surface area contributed by atoms with E-state index in [0.29, 0.717) is 12.1 Å². The van der Waals surface area contributed by atoms with E-state index < -0.39 is 0 Å². The Morgan fingerprint density at radius 1 is 1.12 bits per heavy atom. The van der Waals surface area contributed by atoms with Gasteiger partial charge in [-0.1, -0.05) is 30.3 Å². The fraction of sp³-hybridized carbons (Fsp3) is 0.300. The second-order valence-electron chi connectivity index (χ2n) is 6.09. The van der Waals surface area contributed by atoms with Gasteiger partial charge in [-0.15, -0.1) is 0 Å². The number of methoxy groups -OCH3 is 1. The molecule has 0 aromatic heterocycles. The zero-order chi connectivity index (χ0) is 16.9. The van der Waals surface area contributed by atoms with Crippen LogP contribution in [-0.2, 0) is 6.54 Å². The predicted octanol–water partition coefficient (Wildman–Crippen LogP) is 3.31. The number of nitriles is 2. The molecule has 2 aromatic rings. The Balaban J connectivity index is 1.80. The highest BCUT2D eigenvalue weighted by Crippen LogP contribution is 2.34. The average Bonchev–Trinajstić information content (AvgIpc) is 3.05. The van der Waals surface area contributed by atoms with Gasteiger partial charge in [0.05, 0.1) is 30.7 Å². The molecule has 1 aliphatic heterocycles. The number of hydrogen-bond acceptors (Lipinski definition) is 4. The van der Waals surface area contributed by atoms with Gasteiger partial charge in [0.1, 0.15) is 5.75 Å². The van der Waals surface area contributed by atoms with Crippen molar-refractivity contribution in [1.29, 1.82) is 10.5 Å². The second kappa shape index (κ2) is 7.17. The Labute approximate surface area is 142 Å². The molecule has 1 fully saturated rings. The van der Waals surface area contributed by atoms with Crippen molar-refractivity contribution in [2.75, 3.05) is 20.2 Å². The third-order valence-corrected chi connectivity index (χ3v) is 4.59. The number of likely N-dealkylation sites (tertiary alicyclic amines) is 1. The smallest absolute Gasteiger partial charge is 0.123 e. The minimum atomic E-state index is -0.0162. The predicted molar refractivity (Wildman–Crippen MR) is 91.3 cm³/mol. The highest BCUT2D eigenvalue weighted by atomic mass is 16.5.